The van der Waals surface area contributed by atoms with Gasteiger partial charge in [-0.15, -0.1) is 0 Å². The smallest absolute Gasteiger partial charge is 0.0459 e. The Morgan fingerprint density at radius 3 is 1.39 bits per heavy atom. The lowest BCUT2D eigenvalue weighted by molar-refractivity contribution is 0.000557. The van der Waals surface area contributed by atoms with E-state index in [2.05, 4.69) is 65.6 Å². The third kappa shape index (κ3) is 2.21. The normalized spacial score (nSPS) is 34.5. The van der Waals surface area contributed by atoms with Crippen LogP contribution < -0.4 is 4.90 Å². The molecule has 0 atom stereocenters. The molecule has 4 saturated carbocycles. The molecule has 0 unspecified atom stereocenters. The third-order valence-corrected chi connectivity index (χ3v) is 6.51. The molecule has 118 valence electrons. The average molecular weight is 303 g/mol. The van der Waals surface area contributed by atoms with E-state index in [0.29, 0.717) is 5.54 Å². The molecular weight excluding hydrogens is 278 g/mol. The van der Waals surface area contributed by atoms with E-state index in [-0.39, 0.29) is 0 Å². The van der Waals surface area contributed by atoms with Crippen molar-refractivity contribution in [3.05, 3.63) is 60.7 Å². The van der Waals surface area contributed by atoms with Gasteiger partial charge in [-0.25, -0.2) is 0 Å². The van der Waals surface area contributed by atoms with Crippen LogP contribution in [0.15, 0.2) is 60.7 Å². The summed E-state index contributed by atoms with van der Waals surface area (Å²) in [5.74, 6) is 2.91. The number of benzene rings is 2. The van der Waals surface area contributed by atoms with Crippen LogP contribution in [-0.4, -0.2) is 5.54 Å². The van der Waals surface area contributed by atoms with Gasteiger partial charge in [-0.3, -0.25) is 0 Å². The second kappa shape index (κ2) is 5.12. The lowest BCUT2D eigenvalue weighted by Crippen LogP contribution is -2.58. The first-order chi connectivity index (χ1) is 11.3. The predicted molar refractivity (Wildman–Crippen MR) is 95.9 cm³/mol. The van der Waals surface area contributed by atoms with Crippen LogP contribution in [-0.2, 0) is 0 Å². The molecule has 0 aliphatic heterocycles. The molecular formula is C22H25N. The van der Waals surface area contributed by atoms with E-state index in [9.17, 15) is 0 Å². The number of nitrogens with zero attached hydrogens (tertiary/aromatic N) is 1. The standard InChI is InChI=1S/C22H25N/c1-3-7-20(8-4-1)23(21-9-5-2-6-10-21)22-14-17-11-18(15-22)13-19(12-17)16-22/h1-10,17-19H,11-16H2. The molecule has 6 rings (SSSR count). The van der Waals surface area contributed by atoms with E-state index >= 15 is 0 Å². The van der Waals surface area contributed by atoms with Gasteiger partial charge in [0.25, 0.3) is 0 Å². The van der Waals surface area contributed by atoms with E-state index in [0.717, 1.165) is 17.8 Å². The highest BCUT2D eigenvalue weighted by molar-refractivity contribution is 5.66. The lowest BCUT2D eigenvalue weighted by Gasteiger charge is -2.61. The number of rotatable bonds is 3. The summed E-state index contributed by atoms with van der Waals surface area (Å²) >= 11 is 0. The van der Waals surface area contributed by atoms with Crippen molar-refractivity contribution >= 4 is 11.4 Å². The Labute approximate surface area is 139 Å². The van der Waals surface area contributed by atoms with Crippen molar-refractivity contribution < 1.29 is 0 Å². The van der Waals surface area contributed by atoms with Crippen LogP contribution in [0.25, 0.3) is 0 Å². The Morgan fingerprint density at radius 2 is 1.00 bits per heavy atom. The molecule has 0 aromatic heterocycles. The second-order valence-corrected chi connectivity index (χ2v) is 8.15. The zero-order valence-electron chi connectivity index (χ0n) is 13.7. The number of anilines is 2. The van der Waals surface area contributed by atoms with Crippen LogP contribution >= 0.6 is 0 Å². The van der Waals surface area contributed by atoms with Crippen molar-refractivity contribution in [2.24, 2.45) is 17.8 Å². The number of hydrogen-bond donors (Lipinski definition) is 0. The van der Waals surface area contributed by atoms with Gasteiger partial charge in [0.2, 0.25) is 0 Å². The summed E-state index contributed by atoms with van der Waals surface area (Å²) in [7, 11) is 0. The van der Waals surface area contributed by atoms with Crippen molar-refractivity contribution in [3.8, 4) is 0 Å². The van der Waals surface area contributed by atoms with Gasteiger partial charge >= 0.3 is 0 Å². The molecule has 4 fully saturated rings. The summed E-state index contributed by atoms with van der Waals surface area (Å²) in [6, 6.07) is 22.2. The van der Waals surface area contributed by atoms with Crippen molar-refractivity contribution in [1.82, 2.24) is 0 Å². The Bertz CT molecular complexity index is 601. The Hall–Kier alpha value is -1.76. The molecule has 2 aromatic carbocycles. The van der Waals surface area contributed by atoms with Crippen molar-refractivity contribution in [2.75, 3.05) is 4.90 Å². The molecule has 4 bridgehead atoms. The average Bonchev–Trinajstić information content (AvgIpc) is 2.55. The van der Waals surface area contributed by atoms with Crippen molar-refractivity contribution in [1.29, 1.82) is 0 Å². The topological polar surface area (TPSA) is 3.24 Å². The minimum atomic E-state index is 0.359. The summed E-state index contributed by atoms with van der Waals surface area (Å²) in [5.41, 5.74) is 3.11. The van der Waals surface area contributed by atoms with E-state index in [1.54, 1.807) is 0 Å². The third-order valence-electron chi connectivity index (χ3n) is 6.51. The molecule has 23 heavy (non-hydrogen) atoms. The summed E-state index contributed by atoms with van der Waals surface area (Å²) in [4.78, 5) is 2.71. The number of hydrogen-bond acceptors (Lipinski definition) is 1. The van der Waals surface area contributed by atoms with Gasteiger partial charge in [-0.05, 0) is 80.5 Å². The molecule has 0 amide bonds. The molecule has 0 saturated heterocycles. The largest absolute Gasteiger partial charge is 0.335 e. The first-order valence-electron chi connectivity index (χ1n) is 9.23. The molecule has 0 radical (unpaired) electrons. The molecule has 0 N–H and O–H groups in total. The fourth-order valence-corrected chi connectivity index (χ4v) is 6.19. The summed E-state index contributed by atoms with van der Waals surface area (Å²) < 4.78 is 0. The maximum atomic E-state index is 2.71. The summed E-state index contributed by atoms with van der Waals surface area (Å²) in [5, 5.41) is 0. The summed E-state index contributed by atoms with van der Waals surface area (Å²) in [6.45, 7) is 0. The number of para-hydroxylation sites is 2. The first-order valence-corrected chi connectivity index (χ1v) is 9.23. The second-order valence-electron chi connectivity index (χ2n) is 8.15. The molecule has 2 aromatic rings. The molecule has 4 aliphatic rings. The van der Waals surface area contributed by atoms with Crippen LogP contribution in [0, 0.1) is 17.8 Å². The predicted octanol–water partition coefficient (Wildman–Crippen LogP) is 5.79. The Morgan fingerprint density at radius 1 is 0.609 bits per heavy atom. The van der Waals surface area contributed by atoms with Gasteiger partial charge in [0.15, 0.2) is 0 Å². The van der Waals surface area contributed by atoms with Gasteiger partial charge in [0, 0.05) is 16.9 Å². The van der Waals surface area contributed by atoms with Gasteiger partial charge in [-0.1, -0.05) is 36.4 Å². The van der Waals surface area contributed by atoms with Crippen molar-refractivity contribution in [2.45, 2.75) is 44.1 Å². The molecule has 0 spiro atoms. The van der Waals surface area contributed by atoms with Crippen LogP contribution in [0.3, 0.4) is 0 Å². The molecule has 4 aliphatic carbocycles. The monoisotopic (exact) mass is 303 g/mol. The van der Waals surface area contributed by atoms with Crippen LogP contribution in [0.5, 0.6) is 0 Å². The maximum absolute atomic E-state index is 2.71. The highest BCUT2D eigenvalue weighted by Gasteiger charge is 2.54. The Balaban J connectivity index is 1.63. The minimum absolute atomic E-state index is 0.359. The van der Waals surface area contributed by atoms with Gasteiger partial charge in [0.1, 0.15) is 0 Å². The van der Waals surface area contributed by atoms with Crippen LogP contribution in [0.2, 0.25) is 0 Å². The van der Waals surface area contributed by atoms with E-state index in [1.807, 2.05) is 0 Å². The van der Waals surface area contributed by atoms with E-state index < -0.39 is 0 Å². The Kier molecular flexibility index (Phi) is 3.04. The maximum Gasteiger partial charge on any atom is 0.0459 e. The highest BCUT2D eigenvalue weighted by Crippen LogP contribution is 2.59. The van der Waals surface area contributed by atoms with Gasteiger partial charge < -0.3 is 4.90 Å². The zero-order valence-corrected chi connectivity index (χ0v) is 13.7. The van der Waals surface area contributed by atoms with Crippen molar-refractivity contribution in [3.63, 3.8) is 0 Å². The van der Waals surface area contributed by atoms with Gasteiger partial charge in [0.05, 0.1) is 0 Å². The first kappa shape index (κ1) is 13.7. The summed E-state index contributed by atoms with van der Waals surface area (Å²) in [6.07, 6.45) is 8.67. The quantitative estimate of drug-likeness (QED) is 0.693. The van der Waals surface area contributed by atoms with Gasteiger partial charge in [-0.2, -0.15) is 0 Å². The van der Waals surface area contributed by atoms with Crippen LogP contribution in [0.1, 0.15) is 38.5 Å². The lowest BCUT2D eigenvalue weighted by atomic mass is 9.52. The highest BCUT2D eigenvalue weighted by atomic mass is 15.2. The molecule has 1 nitrogen and oxygen atoms in total. The van der Waals surface area contributed by atoms with E-state index in [1.165, 1.54) is 49.9 Å². The molecule has 1 heteroatoms. The fraction of sp³-hybridized carbons (Fsp3) is 0.455. The van der Waals surface area contributed by atoms with Crippen LogP contribution in [0.4, 0.5) is 11.4 Å². The molecule has 0 heterocycles. The minimum Gasteiger partial charge on any atom is -0.335 e. The SMILES string of the molecule is c1ccc(N(c2ccccc2)C23CC4CC(CC(C4)C2)C3)cc1. The fourth-order valence-electron chi connectivity index (χ4n) is 6.19. The van der Waals surface area contributed by atoms with E-state index in [4.69, 9.17) is 0 Å². The zero-order chi connectivity index (χ0) is 15.3.